The molecule has 0 saturated heterocycles. The van der Waals surface area contributed by atoms with E-state index < -0.39 is 0 Å². The molecule has 8 nitrogen and oxygen atoms in total. The Bertz CT molecular complexity index is 1070. The minimum Gasteiger partial charge on any atom is -0.352 e. The van der Waals surface area contributed by atoms with E-state index in [1.807, 2.05) is 6.92 Å². The van der Waals surface area contributed by atoms with E-state index in [4.69, 9.17) is 0 Å². The third-order valence-corrected chi connectivity index (χ3v) is 4.22. The number of nitrogens with zero attached hydrogens (tertiary/aromatic N) is 2. The maximum absolute atomic E-state index is 12.6. The van der Waals surface area contributed by atoms with Crippen LogP contribution in [0.25, 0.3) is 10.9 Å². The van der Waals surface area contributed by atoms with Crippen molar-refractivity contribution in [3.05, 3.63) is 70.0 Å². The minimum absolute atomic E-state index is 0.115. The van der Waals surface area contributed by atoms with Crippen LogP contribution in [-0.4, -0.2) is 21.4 Å². The van der Waals surface area contributed by atoms with Crippen molar-refractivity contribution in [1.29, 1.82) is 0 Å². The van der Waals surface area contributed by atoms with E-state index >= 15 is 0 Å². The molecule has 0 spiro atoms. The molecule has 3 N–H and O–H groups in total. The van der Waals surface area contributed by atoms with Crippen LogP contribution in [0.3, 0.4) is 0 Å². The zero-order chi connectivity index (χ0) is 20.1. The summed E-state index contributed by atoms with van der Waals surface area (Å²) in [6.07, 6.45) is 0. The van der Waals surface area contributed by atoms with Crippen LogP contribution < -0.4 is 21.7 Å². The van der Waals surface area contributed by atoms with Gasteiger partial charge in [0.15, 0.2) is 0 Å². The van der Waals surface area contributed by atoms with Crippen molar-refractivity contribution in [2.45, 2.75) is 26.9 Å². The molecule has 28 heavy (non-hydrogen) atoms. The first-order valence-electron chi connectivity index (χ1n) is 8.89. The predicted molar refractivity (Wildman–Crippen MR) is 107 cm³/mol. The first kappa shape index (κ1) is 19.1. The Balaban J connectivity index is 1.74. The predicted octanol–water partition coefficient (Wildman–Crippen LogP) is 1.81. The second-order valence-electron chi connectivity index (χ2n) is 6.19. The molecule has 3 aromatic rings. The number of aromatic nitrogens is 2. The second kappa shape index (κ2) is 8.34. The van der Waals surface area contributed by atoms with Gasteiger partial charge in [-0.25, -0.2) is 4.98 Å². The van der Waals surface area contributed by atoms with Crippen LogP contribution in [0, 0.1) is 0 Å². The zero-order valence-electron chi connectivity index (χ0n) is 15.7. The van der Waals surface area contributed by atoms with E-state index in [1.165, 1.54) is 11.5 Å². The highest BCUT2D eigenvalue weighted by molar-refractivity contribution is 5.94. The SMILES string of the molecule is CCn1c(NNC(=O)c2ccc(CNC(C)=O)cc2)nc2ccccc2c1=O. The Labute approximate surface area is 161 Å². The van der Waals surface area contributed by atoms with Crippen LogP contribution in [-0.2, 0) is 17.9 Å². The van der Waals surface area contributed by atoms with E-state index in [1.54, 1.807) is 48.5 Å². The van der Waals surface area contributed by atoms with Gasteiger partial charge in [0.05, 0.1) is 10.9 Å². The number of benzene rings is 2. The molecule has 0 saturated carbocycles. The maximum Gasteiger partial charge on any atom is 0.269 e. The van der Waals surface area contributed by atoms with Crippen molar-refractivity contribution in [3.8, 4) is 0 Å². The third kappa shape index (κ3) is 4.17. The highest BCUT2D eigenvalue weighted by Crippen LogP contribution is 2.11. The van der Waals surface area contributed by atoms with Gasteiger partial charge in [0.1, 0.15) is 0 Å². The third-order valence-electron chi connectivity index (χ3n) is 4.22. The average Bonchev–Trinajstić information content (AvgIpc) is 2.71. The van der Waals surface area contributed by atoms with E-state index in [0.717, 1.165) is 5.56 Å². The summed E-state index contributed by atoms with van der Waals surface area (Å²) >= 11 is 0. The summed E-state index contributed by atoms with van der Waals surface area (Å²) in [5.41, 5.74) is 7.01. The number of hydrogen-bond acceptors (Lipinski definition) is 5. The molecule has 1 heterocycles. The average molecular weight is 379 g/mol. The van der Waals surface area contributed by atoms with Crippen LogP contribution in [0.15, 0.2) is 53.3 Å². The van der Waals surface area contributed by atoms with Crippen LogP contribution in [0.4, 0.5) is 5.95 Å². The summed E-state index contributed by atoms with van der Waals surface area (Å²) in [5.74, 6) is -0.214. The molecule has 0 aliphatic carbocycles. The molecule has 2 amide bonds. The van der Waals surface area contributed by atoms with Crippen molar-refractivity contribution >= 4 is 28.7 Å². The van der Waals surface area contributed by atoms with E-state index in [-0.39, 0.29) is 23.3 Å². The van der Waals surface area contributed by atoms with Crippen molar-refractivity contribution in [2.75, 3.05) is 5.43 Å². The zero-order valence-corrected chi connectivity index (χ0v) is 15.7. The lowest BCUT2D eigenvalue weighted by Gasteiger charge is -2.14. The van der Waals surface area contributed by atoms with Crippen LogP contribution in [0.5, 0.6) is 0 Å². The first-order valence-corrected chi connectivity index (χ1v) is 8.89. The fourth-order valence-electron chi connectivity index (χ4n) is 2.74. The number of carbonyl (C=O) groups excluding carboxylic acids is 2. The number of rotatable bonds is 6. The summed E-state index contributed by atoms with van der Waals surface area (Å²) < 4.78 is 1.46. The molecule has 0 bridgehead atoms. The summed E-state index contributed by atoms with van der Waals surface area (Å²) in [4.78, 5) is 40.3. The molecule has 144 valence electrons. The quantitative estimate of drug-likeness (QED) is 0.567. The number of amides is 2. The van der Waals surface area contributed by atoms with Crippen LogP contribution in [0.2, 0.25) is 0 Å². The Hall–Kier alpha value is -3.68. The number of fused-ring (bicyclic) bond motifs is 1. The Morgan fingerprint density at radius 3 is 2.46 bits per heavy atom. The lowest BCUT2D eigenvalue weighted by Crippen LogP contribution is -2.34. The van der Waals surface area contributed by atoms with Gasteiger partial charge >= 0.3 is 0 Å². The number of hydrogen-bond donors (Lipinski definition) is 3. The van der Waals surface area contributed by atoms with Gasteiger partial charge in [-0.3, -0.25) is 29.8 Å². The smallest absolute Gasteiger partial charge is 0.269 e. The molecule has 1 aromatic heterocycles. The van der Waals surface area contributed by atoms with E-state index in [9.17, 15) is 14.4 Å². The Kier molecular flexibility index (Phi) is 5.69. The van der Waals surface area contributed by atoms with Gasteiger partial charge in [-0.15, -0.1) is 0 Å². The van der Waals surface area contributed by atoms with Crippen molar-refractivity contribution < 1.29 is 9.59 Å². The normalized spacial score (nSPS) is 10.5. The molecule has 0 radical (unpaired) electrons. The molecule has 0 fully saturated rings. The maximum atomic E-state index is 12.6. The standard InChI is InChI=1S/C20H21N5O3/c1-3-25-19(28)16-6-4-5-7-17(16)22-20(25)24-23-18(27)15-10-8-14(9-11-15)12-21-13(2)26/h4-11H,3,12H2,1-2H3,(H,21,26)(H,22,24)(H,23,27). The van der Waals surface area contributed by atoms with Gasteiger partial charge in [0.25, 0.3) is 11.5 Å². The fraction of sp³-hybridized carbons (Fsp3) is 0.200. The molecule has 8 heteroatoms. The number of para-hydroxylation sites is 1. The van der Waals surface area contributed by atoms with E-state index in [2.05, 4.69) is 21.2 Å². The molecular formula is C20H21N5O3. The van der Waals surface area contributed by atoms with Gasteiger partial charge in [-0.05, 0) is 36.8 Å². The molecule has 0 atom stereocenters. The summed E-state index contributed by atoms with van der Waals surface area (Å²) in [6, 6.07) is 13.9. The number of nitrogens with one attached hydrogen (secondary N) is 3. The van der Waals surface area contributed by atoms with Gasteiger partial charge < -0.3 is 5.32 Å². The lowest BCUT2D eigenvalue weighted by atomic mass is 10.1. The van der Waals surface area contributed by atoms with Crippen molar-refractivity contribution in [2.24, 2.45) is 0 Å². The molecule has 3 rings (SSSR count). The molecular weight excluding hydrogens is 358 g/mol. The van der Waals surface area contributed by atoms with Crippen LogP contribution in [0.1, 0.15) is 29.8 Å². The molecule has 0 aliphatic heterocycles. The molecule has 0 unspecified atom stereocenters. The first-order chi connectivity index (χ1) is 13.5. The van der Waals surface area contributed by atoms with Crippen molar-refractivity contribution in [3.63, 3.8) is 0 Å². The highest BCUT2D eigenvalue weighted by Gasteiger charge is 2.11. The van der Waals surface area contributed by atoms with Crippen molar-refractivity contribution in [1.82, 2.24) is 20.3 Å². The van der Waals surface area contributed by atoms with Crippen LogP contribution >= 0.6 is 0 Å². The van der Waals surface area contributed by atoms with Gasteiger partial charge in [0.2, 0.25) is 11.9 Å². The lowest BCUT2D eigenvalue weighted by molar-refractivity contribution is -0.119. The topological polar surface area (TPSA) is 105 Å². The largest absolute Gasteiger partial charge is 0.352 e. The van der Waals surface area contributed by atoms with E-state index in [0.29, 0.717) is 29.6 Å². The molecule has 0 aliphatic rings. The highest BCUT2D eigenvalue weighted by atomic mass is 16.2. The Morgan fingerprint density at radius 1 is 1.07 bits per heavy atom. The number of anilines is 1. The van der Waals surface area contributed by atoms with Gasteiger partial charge in [0, 0.05) is 25.6 Å². The van der Waals surface area contributed by atoms with Gasteiger partial charge in [-0.1, -0.05) is 24.3 Å². The molecule has 2 aromatic carbocycles. The summed E-state index contributed by atoms with van der Waals surface area (Å²) in [5, 5.41) is 3.22. The fourth-order valence-corrected chi connectivity index (χ4v) is 2.74. The monoisotopic (exact) mass is 379 g/mol. The minimum atomic E-state index is -0.365. The van der Waals surface area contributed by atoms with Gasteiger partial charge in [-0.2, -0.15) is 0 Å². The number of carbonyl (C=O) groups is 2. The summed E-state index contributed by atoms with van der Waals surface area (Å²) in [6.45, 7) is 4.09. The summed E-state index contributed by atoms with van der Waals surface area (Å²) in [7, 11) is 0. The Morgan fingerprint density at radius 2 is 1.79 bits per heavy atom. The second-order valence-corrected chi connectivity index (χ2v) is 6.19. The number of hydrazine groups is 1.